The Morgan fingerprint density at radius 2 is 2.24 bits per heavy atom. The third-order valence-electron chi connectivity index (χ3n) is 2.74. The number of nitrogens with one attached hydrogen (secondary N) is 1. The summed E-state index contributed by atoms with van der Waals surface area (Å²) in [6.07, 6.45) is 1.83. The first-order valence-corrected chi connectivity index (χ1v) is 6.87. The van der Waals surface area contributed by atoms with E-state index < -0.39 is 0 Å². The van der Waals surface area contributed by atoms with Crippen LogP contribution in [-0.4, -0.2) is 22.4 Å². The normalized spacial score (nSPS) is 12.2. The van der Waals surface area contributed by atoms with Crippen LogP contribution in [0.2, 0.25) is 0 Å². The highest BCUT2D eigenvalue weighted by molar-refractivity contribution is 9.09. The molecule has 4 heteroatoms. The maximum absolute atomic E-state index is 12.0. The Bertz CT molecular complexity index is 393. The van der Waals surface area contributed by atoms with Crippen molar-refractivity contribution in [1.82, 2.24) is 5.32 Å². The summed E-state index contributed by atoms with van der Waals surface area (Å²) in [5.74, 6) is 0.113. The molecule has 1 aromatic rings. The molecule has 1 atom stereocenters. The van der Waals surface area contributed by atoms with Crippen LogP contribution in [0.3, 0.4) is 0 Å². The molecule has 1 unspecified atom stereocenters. The molecule has 1 aromatic carbocycles. The first-order chi connectivity index (χ1) is 8.08. The summed E-state index contributed by atoms with van der Waals surface area (Å²) in [6.45, 7) is 3.87. The Kier molecular flexibility index (Phi) is 5.48. The molecule has 0 saturated heterocycles. The van der Waals surface area contributed by atoms with Crippen LogP contribution < -0.4 is 5.32 Å². The average Bonchev–Trinajstić information content (AvgIpc) is 2.28. The highest BCUT2D eigenvalue weighted by atomic mass is 79.9. The summed E-state index contributed by atoms with van der Waals surface area (Å²) in [6, 6.07) is 4.98. The van der Waals surface area contributed by atoms with Crippen LogP contribution in [0.4, 0.5) is 0 Å². The van der Waals surface area contributed by atoms with E-state index in [0.29, 0.717) is 5.56 Å². The zero-order valence-corrected chi connectivity index (χ0v) is 11.8. The minimum absolute atomic E-state index is 0.0738. The number of halogens is 1. The predicted molar refractivity (Wildman–Crippen MR) is 72.8 cm³/mol. The molecule has 2 N–H and O–H groups in total. The minimum atomic E-state index is -0.0738. The molecule has 0 aromatic heterocycles. The Hall–Kier alpha value is -1.03. The van der Waals surface area contributed by atoms with Crippen LogP contribution in [0.15, 0.2) is 18.2 Å². The van der Waals surface area contributed by atoms with E-state index in [9.17, 15) is 9.90 Å². The number of carbonyl (C=O) groups is 1. The van der Waals surface area contributed by atoms with Gasteiger partial charge in [0, 0.05) is 16.9 Å². The van der Waals surface area contributed by atoms with Crippen LogP contribution in [-0.2, 0) is 0 Å². The van der Waals surface area contributed by atoms with E-state index in [1.165, 1.54) is 6.07 Å². The lowest BCUT2D eigenvalue weighted by Gasteiger charge is -2.16. The molecule has 0 aliphatic carbocycles. The molecular weight excluding hydrogens is 282 g/mol. The molecule has 0 bridgehead atoms. The molecule has 1 rings (SSSR count). The Labute approximate surface area is 110 Å². The number of rotatable bonds is 5. The van der Waals surface area contributed by atoms with Gasteiger partial charge in [0.15, 0.2) is 0 Å². The Balaban J connectivity index is 2.75. The van der Waals surface area contributed by atoms with Gasteiger partial charge in [-0.05, 0) is 43.5 Å². The summed E-state index contributed by atoms with van der Waals surface area (Å²) in [4.78, 5) is 12.0. The average molecular weight is 300 g/mol. The lowest BCUT2D eigenvalue weighted by Crippen LogP contribution is -2.35. The predicted octanol–water partition coefficient (Wildman–Crippen LogP) is 2.99. The summed E-state index contributed by atoms with van der Waals surface area (Å²) in [5, 5.41) is 13.2. The largest absolute Gasteiger partial charge is 0.508 e. The van der Waals surface area contributed by atoms with Gasteiger partial charge in [0.05, 0.1) is 0 Å². The van der Waals surface area contributed by atoms with Crippen molar-refractivity contribution in [2.24, 2.45) is 0 Å². The first-order valence-electron chi connectivity index (χ1n) is 5.75. The van der Waals surface area contributed by atoms with Gasteiger partial charge in [0.1, 0.15) is 5.75 Å². The number of hydrogen-bond acceptors (Lipinski definition) is 2. The van der Waals surface area contributed by atoms with Crippen molar-refractivity contribution in [3.8, 4) is 5.75 Å². The van der Waals surface area contributed by atoms with Gasteiger partial charge >= 0.3 is 0 Å². The molecule has 3 nitrogen and oxygen atoms in total. The molecule has 94 valence electrons. The van der Waals surface area contributed by atoms with Crippen molar-refractivity contribution in [2.45, 2.75) is 32.7 Å². The SMILES string of the molecule is CCC(CCBr)NC(=O)c1ccc(O)cc1C. The van der Waals surface area contributed by atoms with E-state index >= 15 is 0 Å². The van der Waals surface area contributed by atoms with E-state index in [1.54, 1.807) is 12.1 Å². The van der Waals surface area contributed by atoms with Gasteiger partial charge in [0.2, 0.25) is 0 Å². The number of aromatic hydroxyl groups is 1. The van der Waals surface area contributed by atoms with Crippen LogP contribution >= 0.6 is 15.9 Å². The standard InChI is InChI=1S/C13H18BrNO2/c1-3-10(6-7-14)15-13(17)12-5-4-11(16)8-9(12)2/h4-5,8,10,16H,3,6-7H2,1-2H3,(H,15,17). The van der Waals surface area contributed by atoms with Crippen molar-refractivity contribution < 1.29 is 9.90 Å². The first kappa shape index (κ1) is 14.0. The van der Waals surface area contributed by atoms with E-state index in [0.717, 1.165) is 23.7 Å². The second-order valence-corrected chi connectivity index (χ2v) is 4.85. The molecule has 0 heterocycles. The molecule has 0 fully saturated rings. The maximum atomic E-state index is 12.0. The van der Waals surface area contributed by atoms with Gasteiger partial charge in [-0.15, -0.1) is 0 Å². The van der Waals surface area contributed by atoms with E-state index in [2.05, 4.69) is 28.2 Å². The van der Waals surface area contributed by atoms with Crippen molar-refractivity contribution >= 4 is 21.8 Å². The number of aryl methyl sites for hydroxylation is 1. The Morgan fingerprint density at radius 1 is 1.53 bits per heavy atom. The van der Waals surface area contributed by atoms with E-state index in [4.69, 9.17) is 0 Å². The molecule has 0 spiro atoms. The lowest BCUT2D eigenvalue weighted by molar-refractivity contribution is 0.0934. The second-order valence-electron chi connectivity index (χ2n) is 4.06. The molecule has 0 aliphatic rings. The van der Waals surface area contributed by atoms with Gasteiger partial charge in [-0.1, -0.05) is 22.9 Å². The van der Waals surface area contributed by atoms with Crippen molar-refractivity contribution in [3.05, 3.63) is 29.3 Å². The number of carbonyl (C=O) groups excluding carboxylic acids is 1. The van der Waals surface area contributed by atoms with Crippen LogP contribution in [0.5, 0.6) is 5.75 Å². The van der Waals surface area contributed by atoms with Crippen LogP contribution in [0.1, 0.15) is 35.7 Å². The van der Waals surface area contributed by atoms with Crippen molar-refractivity contribution in [1.29, 1.82) is 0 Å². The molecule has 0 saturated carbocycles. The monoisotopic (exact) mass is 299 g/mol. The summed E-state index contributed by atoms with van der Waals surface area (Å²) in [7, 11) is 0. The summed E-state index contributed by atoms with van der Waals surface area (Å²) in [5.41, 5.74) is 1.41. The van der Waals surface area contributed by atoms with Gasteiger partial charge in [-0.2, -0.15) is 0 Å². The van der Waals surface area contributed by atoms with Gasteiger partial charge in [0.25, 0.3) is 5.91 Å². The summed E-state index contributed by atoms with van der Waals surface area (Å²) < 4.78 is 0. The fourth-order valence-corrected chi connectivity index (χ4v) is 2.23. The highest BCUT2D eigenvalue weighted by Crippen LogP contribution is 2.16. The fourth-order valence-electron chi connectivity index (χ4n) is 1.68. The lowest BCUT2D eigenvalue weighted by atomic mass is 10.1. The second kappa shape index (κ2) is 6.64. The zero-order chi connectivity index (χ0) is 12.8. The number of phenols is 1. The van der Waals surface area contributed by atoms with Gasteiger partial charge < -0.3 is 10.4 Å². The van der Waals surface area contributed by atoms with Crippen LogP contribution in [0.25, 0.3) is 0 Å². The molecule has 17 heavy (non-hydrogen) atoms. The van der Waals surface area contributed by atoms with E-state index in [1.807, 2.05) is 6.92 Å². The maximum Gasteiger partial charge on any atom is 0.251 e. The number of amides is 1. The molecule has 1 amide bonds. The number of alkyl halides is 1. The van der Waals surface area contributed by atoms with Gasteiger partial charge in [-0.25, -0.2) is 0 Å². The highest BCUT2D eigenvalue weighted by Gasteiger charge is 2.13. The fraction of sp³-hybridized carbons (Fsp3) is 0.462. The number of benzene rings is 1. The molecule has 0 aliphatic heterocycles. The zero-order valence-electron chi connectivity index (χ0n) is 10.2. The van der Waals surface area contributed by atoms with Crippen LogP contribution in [0, 0.1) is 6.92 Å². The summed E-state index contributed by atoms with van der Waals surface area (Å²) >= 11 is 3.38. The van der Waals surface area contributed by atoms with Crippen molar-refractivity contribution in [3.63, 3.8) is 0 Å². The van der Waals surface area contributed by atoms with Gasteiger partial charge in [-0.3, -0.25) is 4.79 Å². The Morgan fingerprint density at radius 3 is 2.76 bits per heavy atom. The third-order valence-corrected chi connectivity index (χ3v) is 3.20. The quantitative estimate of drug-likeness (QED) is 0.821. The number of phenolic OH excluding ortho intramolecular Hbond substituents is 1. The number of hydrogen-bond donors (Lipinski definition) is 2. The minimum Gasteiger partial charge on any atom is -0.508 e. The third kappa shape index (κ3) is 4.04. The molecular formula is C13H18BrNO2. The smallest absolute Gasteiger partial charge is 0.251 e. The topological polar surface area (TPSA) is 49.3 Å². The van der Waals surface area contributed by atoms with E-state index in [-0.39, 0.29) is 17.7 Å². The van der Waals surface area contributed by atoms with Crippen molar-refractivity contribution in [2.75, 3.05) is 5.33 Å². The molecule has 0 radical (unpaired) electrons.